The van der Waals surface area contributed by atoms with Crippen molar-refractivity contribution >= 4 is 5.97 Å². The molecule has 3 nitrogen and oxygen atoms in total. The monoisotopic (exact) mass is 144 g/mol. The molecule has 0 heterocycles. The summed E-state index contributed by atoms with van der Waals surface area (Å²) in [6.07, 6.45) is 2.61. The summed E-state index contributed by atoms with van der Waals surface area (Å²) in [4.78, 5) is 10.5. The Kier molecular flexibility index (Phi) is 2.27. The molecule has 3 heteroatoms. The lowest BCUT2D eigenvalue weighted by molar-refractivity contribution is -0.145. The van der Waals surface area contributed by atoms with Crippen LogP contribution in [-0.2, 0) is 9.53 Å². The first-order valence-electron chi connectivity index (χ1n) is 3.51. The summed E-state index contributed by atoms with van der Waals surface area (Å²) >= 11 is 0. The molecular formula is C7H12O3. The van der Waals surface area contributed by atoms with Crippen molar-refractivity contribution in [2.45, 2.75) is 25.4 Å². The van der Waals surface area contributed by atoms with Crippen molar-refractivity contribution < 1.29 is 14.6 Å². The Morgan fingerprint density at radius 1 is 1.60 bits per heavy atom. The third-order valence-corrected chi connectivity index (χ3v) is 2.07. The van der Waals surface area contributed by atoms with Crippen LogP contribution < -0.4 is 0 Å². The van der Waals surface area contributed by atoms with Crippen LogP contribution in [0.2, 0.25) is 0 Å². The van der Waals surface area contributed by atoms with Gasteiger partial charge >= 0.3 is 5.97 Å². The van der Waals surface area contributed by atoms with Crippen LogP contribution in [0.4, 0.5) is 0 Å². The molecule has 1 aliphatic carbocycles. The smallest absolute Gasteiger partial charge is 0.309 e. The van der Waals surface area contributed by atoms with E-state index in [0.29, 0.717) is 0 Å². The van der Waals surface area contributed by atoms with Gasteiger partial charge in [0.05, 0.1) is 12.0 Å². The highest BCUT2D eigenvalue weighted by molar-refractivity contribution is 5.71. The Morgan fingerprint density at radius 3 is 2.70 bits per heavy atom. The second-order valence-electron chi connectivity index (χ2n) is 2.65. The number of hydrogen-bond acceptors (Lipinski definition) is 2. The molecule has 0 spiro atoms. The summed E-state index contributed by atoms with van der Waals surface area (Å²) in [5, 5.41) is 8.63. The topological polar surface area (TPSA) is 46.5 Å². The zero-order chi connectivity index (χ0) is 7.56. The van der Waals surface area contributed by atoms with Crippen molar-refractivity contribution in [2.24, 2.45) is 5.92 Å². The van der Waals surface area contributed by atoms with Crippen molar-refractivity contribution in [3.05, 3.63) is 0 Å². The molecule has 0 radical (unpaired) electrons. The average Bonchev–Trinajstić information content (AvgIpc) is 2.33. The van der Waals surface area contributed by atoms with Gasteiger partial charge < -0.3 is 9.84 Å². The molecule has 0 aliphatic heterocycles. The third kappa shape index (κ3) is 1.29. The number of hydrogen-bond donors (Lipinski definition) is 1. The minimum atomic E-state index is -0.718. The zero-order valence-corrected chi connectivity index (χ0v) is 6.04. The summed E-state index contributed by atoms with van der Waals surface area (Å²) in [6.45, 7) is 0. The first-order chi connectivity index (χ1) is 4.75. The van der Waals surface area contributed by atoms with Gasteiger partial charge in [0.15, 0.2) is 0 Å². The maximum Gasteiger partial charge on any atom is 0.309 e. The Balaban J connectivity index is 2.50. The van der Waals surface area contributed by atoms with E-state index in [9.17, 15) is 4.79 Å². The van der Waals surface area contributed by atoms with Crippen LogP contribution >= 0.6 is 0 Å². The van der Waals surface area contributed by atoms with Crippen molar-refractivity contribution in [1.29, 1.82) is 0 Å². The van der Waals surface area contributed by atoms with Gasteiger partial charge in [-0.15, -0.1) is 0 Å². The fourth-order valence-electron chi connectivity index (χ4n) is 1.49. The van der Waals surface area contributed by atoms with E-state index in [-0.39, 0.29) is 12.0 Å². The van der Waals surface area contributed by atoms with Crippen LogP contribution in [0.25, 0.3) is 0 Å². The van der Waals surface area contributed by atoms with E-state index in [1.807, 2.05) is 0 Å². The molecule has 2 atom stereocenters. The molecule has 0 bridgehead atoms. The Bertz CT molecular complexity index is 133. The summed E-state index contributed by atoms with van der Waals surface area (Å²) in [5.74, 6) is -0.977. The Labute approximate surface area is 60.0 Å². The molecule has 58 valence electrons. The molecule has 1 aliphatic rings. The number of methoxy groups -OCH3 is 1. The molecule has 0 aromatic rings. The molecule has 0 aromatic carbocycles. The van der Waals surface area contributed by atoms with E-state index in [2.05, 4.69) is 0 Å². The van der Waals surface area contributed by atoms with Gasteiger partial charge in [-0.1, -0.05) is 0 Å². The van der Waals surface area contributed by atoms with Gasteiger partial charge in [0.2, 0.25) is 0 Å². The van der Waals surface area contributed by atoms with Crippen molar-refractivity contribution in [2.75, 3.05) is 7.11 Å². The summed E-state index contributed by atoms with van der Waals surface area (Å²) in [6, 6.07) is 0. The lowest BCUT2D eigenvalue weighted by Crippen LogP contribution is -2.24. The number of aliphatic carboxylic acids is 1. The molecule has 1 rings (SSSR count). The highest BCUT2D eigenvalue weighted by Crippen LogP contribution is 2.27. The van der Waals surface area contributed by atoms with E-state index in [4.69, 9.17) is 9.84 Å². The molecule has 1 N–H and O–H groups in total. The SMILES string of the molecule is CO[C@H]1CCC[C@H]1C(=O)O. The number of rotatable bonds is 2. The lowest BCUT2D eigenvalue weighted by Gasteiger charge is -2.12. The third-order valence-electron chi connectivity index (χ3n) is 2.07. The van der Waals surface area contributed by atoms with Gasteiger partial charge in [-0.05, 0) is 19.3 Å². The van der Waals surface area contributed by atoms with Gasteiger partial charge in [-0.25, -0.2) is 0 Å². The fraction of sp³-hybridized carbons (Fsp3) is 0.857. The largest absolute Gasteiger partial charge is 0.481 e. The second kappa shape index (κ2) is 3.01. The quantitative estimate of drug-likeness (QED) is 0.626. The van der Waals surface area contributed by atoms with Gasteiger partial charge in [-0.3, -0.25) is 4.79 Å². The number of carboxylic acids is 1. The second-order valence-corrected chi connectivity index (χ2v) is 2.65. The predicted octanol–water partition coefficient (Wildman–Crippen LogP) is 0.886. The fourth-order valence-corrected chi connectivity index (χ4v) is 1.49. The van der Waals surface area contributed by atoms with E-state index in [1.54, 1.807) is 7.11 Å². The maximum atomic E-state index is 10.5. The van der Waals surface area contributed by atoms with Gasteiger partial charge in [-0.2, -0.15) is 0 Å². The molecule has 0 aromatic heterocycles. The Hall–Kier alpha value is -0.570. The average molecular weight is 144 g/mol. The van der Waals surface area contributed by atoms with E-state index in [0.717, 1.165) is 19.3 Å². The molecular weight excluding hydrogens is 132 g/mol. The first kappa shape index (κ1) is 7.54. The first-order valence-corrected chi connectivity index (χ1v) is 3.51. The molecule has 0 unspecified atom stereocenters. The number of carbonyl (C=O) groups is 1. The summed E-state index contributed by atoms with van der Waals surface area (Å²) in [5.41, 5.74) is 0. The maximum absolute atomic E-state index is 10.5. The zero-order valence-electron chi connectivity index (χ0n) is 6.04. The molecule has 1 fully saturated rings. The minimum Gasteiger partial charge on any atom is -0.481 e. The minimum absolute atomic E-state index is 0.0440. The van der Waals surface area contributed by atoms with E-state index < -0.39 is 5.97 Å². The molecule has 1 saturated carbocycles. The van der Waals surface area contributed by atoms with Crippen LogP contribution in [0.15, 0.2) is 0 Å². The van der Waals surface area contributed by atoms with Crippen LogP contribution in [0.5, 0.6) is 0 Å². The summed E-state index contributed by atoms with van der Waals surface area (Å²) < 4.78 is 5.00. The summed E-state index contributed by atoms with van der Waals surface area (Å²) in [7, 11) is 1.58. The van der Waals surface area contributed by atoms with Crippen LogP contribution in [0.1, 0.15) is 19.3 Å². The van der Waals surface area contributed by atoms with Crippen molar-refractivity contribution in [3.63, 3.8) is 0 Å². The van der Waals surface area contributed by atoms with Crippen LogP contribution in [-0.4, -0.2) is 24.3 Å². The van der Waals surface area contributed by atoms with E-state index >= 15 is 0 Å². The van der Waals surface area contributed by atoms with Crippen molar-refractivity contribution in [3.8, 4) is 0 Å². The van der Waals surface area contributed by atoms with Crippen molar-refractivity contribution in [1.82, 2.24) is 0 Å². The molecule has 10 heavy (non-hydrogen) atoms. The normalized spacial score (nSPS) is 32.5. The molecule has 0 saturated heterocycles. The van der Waals surface area contributed by atoms with Gasteiger partial charge in [0.1, 0.15) is 0 Å². The van der Waals surface area contributed by atoms with Gasteiger partial charge in [0.25, 0.3) is 0 Å². The predicted molar refractivity (Wildman–Crippen MR) is 35.8 cm³/mol. The van der Waals surface area contributed by atoms with Crippen LogP contribution in [0.3, 0.4) is 0 Å². The standard InChI is InChI=1S/C7H12O3/c1-10-6-4-2-3-5(6)7(8)9/h5-6H,2-4H2,1H3,(H,8,9)/t5-,6+/m1/s1. The highest BCUT2D eigenvalue weighted by Gasteiger charge is 2.32. The van der Waals surface area contributed by atoms with E-state index in [1.165, 1.54) is 0 Å². The lowest BCUT2D eigenvalue weighted by atomic mass is 10.1. The van der Waals surface area contributed by atoms with Gasteiger partial charge in [0, 0.05) is 7.11 Å². The highest BCUT2D eigenvalue weighted by atomic mass is 16.5. The van der Waals surface area contributed by atoms with Crippen LogP contribution in [0, 0.1) is 5.92 Å². The number of carboxylic acid groups (broad SMARTS) is 1. The number of ether oxygens (including phenoxy) is 1. The molecule has 0 amide bonds. The Morgan fingerprint density at radius 2 is 2.30 bits per heavy atom.